The molecule has 2 saturated heterocycles. The number of aliphatic carboxylic acids is 1. The second-order valence-corrected chi connectivity index (χ2v) is 22.8. The number of ketones is 1. The third kappa shape index (κ3) is 10.2. The van der Waals surface area contributed by atoms with Crippen molar-refractivity contribution in [3.8, 4) is 0 Å². The summed E-state index contributed by atoms with van der Waals surface area (Å²) in [5.74, 6) is -1.17. The Morgan fingerprint density at radius 3 is 1.32 bits per heavy atom. The Morgan fingerprint density at radius 2 is 1.00 bits per heavy atom. The van der Waals surface area contributed by atoms with E-state index >= 15 is 0 Å². The number of amides is 4. The van der Waals surface area contributed by atoms with Gasteiger partial charge in [0.1, 0.15) is 6.54 Å². The molecule has 0 bridgehead atoms. The average Bonchev–Trinajstić information content (AvgIpc) is 3.63. The van der Waals surface area contributed by atoms with Crippen LogP contribution in [0.25, 0.3) is 0 Å². The second-order valence-electron chi connectivity index (χ2n) is 21.0. The van der Waals surface area contributed by atoms with Gasteiger partial charge in [-0.1, -0.05) is 60.7 Å². The van der Waals surface area contributed by atoms with Crippen LogP contribution in [0, 0.1) is 0 Å². The van der Waals surface area contributed by atoms with Gasteiger partial charge in [0.2, 0.25) is 10.0 Å². The molecule has 0 atom stereocenters. The Morgan fingerprint density at radius 1 is 0.621 bits per heavy atom. The molecular weight excluding hydrogens is 863 g/mol. The normalized spacial score (nSPS) is 29.3. The van der Waals surface area contributed by atoms with E-state index < -0.39 is 38.3 Å². The van der Waals surface area contributed by atoms with Crippen molar-refractivity contribution in [3.05, 3.63) is 71.8 Å². The Kier molecular flexibility index (Phi) is 14.4. The minimum atomic E-state index is -3.37. The number of hydrogen-bond acceptors (Lipinski definition) is 10. The minimum absolute atomic E-state index is 0.0245. The summed E-state index contributed by atoms with van der Waals surface area (Å²) in [6.45, 7) is 1.18. The number of carbonyl (C=O) groups is 4. The molecule has 4 amide bonds. The molecule has 0 radical (unpaired) electrons. The number of carboxylic acids is 1. The third-order valence-corrected chi connectivity index (χ3v) is 17.1. The van der Waals surface area contributed by atoms with E-state index in [1.54, 1.807) is 4.90 Å². The highest BCUT2D eigenvalue weighted by atomic mass is 32.2. The van der Waals surface area contributed by atoms with Crippen LogP contribution in [0.15, 0.2) is 60.7 Å². The van der Waals surface area contributed by atoms with E-state index in [4.69, 9.17) is 0 Å². The number of carboxylic acid groups (broad SMARTS) is 1. The first kappa shape index (κ1) is 49.8. The second kappa shape index (κ2) is 19.1. The van der Waals surface area contributed by atoms with Crippen LogP contribution >= 0.6 is 0 Å². The fraction of sp³-hybridized carbons (Fsp3) is 0.673. The molecule has 0 unspecified atom stereocenters. The topological polar surface area (TPSA) is 195 Å². The first-order valence-electron chi connectivity index (χ1n) is 23.8. The van der Waals surface area contributed by atoms with Crippen molar-refractivity contribution in [2.24, 2.45) is 0 Å². The maximum atomic E-state index is 13.6. The monoisotopic (exact) mass is 936 g/mol. The summed E-state index contributed by atoms with van der Waals surface area (Å²) in [6, 6.07) is 20.5. The molecule has 4 saturated carbocycles. The smallest absolute Gasteiger partial charge is 0.323 e. The zero-order chi connectivity index (χ0) is 47.8. The lowest BCUT2D eigenvalue weighted by Crippen LogP contribution is -2.59. The van der Waals surface area contributed by atoms with Gasteiger partial charge in [-0.05, 0) is 129 Å². The van der Waals surface area contributed by atoms with Crippen LogP contribution in [0.3, 0.4) is 0 Å². The summed E-state index contributed by atoms with van der Waals surface area (Å²) in [5.41, 5.74) is -0.197. The van der Waals surface area contributed by atoms with E-state index in [0.29, 0.717) is 51.9 Å². The van der Waals surface area contributed by atoms with Crippen molar-refractivity contribution in [2.75, 3.05) is 80.3 Å². The van der Waals surface area contributed by atoms with Gasteiger partial charge in [-0.15, -0.1) is 0 Å². The molecule has 66 heavy (non-hydrogen) atoms. The number of hydrogen-bond donors (Lipinski definition) is 4. The fourth-order valence-electron chi connectivity index (χ4n) is 12.0. The SMILES string of the molecule is CN(C)C1(c2ccccc2)CCC2(CC1)CN(CC(=O)CCNS(C)(=O)=O)C(=O)N2CC1(O)CCC1.CN(C)C1(c2ccccc2)CCC2(CC1)CN(CC(=O)O)C(=O)N2CC1(O)CCC1. The van der Waals surface area contributed by atoms with Crippen LogP contribution in [0.2, 0.25) is 0 Å². The summed E-state index contributed by atoms with van der Waals surface area (Å²) in [6.07, 6.45) is 12.4. The van der Waals surface area contributed by atoms with Crippen molar-refractivity contribution >= 4 is 33.8 Å². The molecule has 2 aromatic carbocycles. The number of Topliss-reactive ketones (excluding diaryl/α,β-unsaturated/α-hetero) is 1. The number of carbonyl (C=O) groups excluding carboxylic acids is 3. The predicted molar refractivity (Wildman–Crippen MR) is 251 cm³/mol. The van der Waals surface area contributed by atoms with E-state index in [1.807, 2.05) is 21.9 Å². The Bertz CT molecular complexity index is 2170. The summed E-state index contributed by atoms with van der Waals surface area (Å²) in [4.78, 5) is 62.0. The van der Waals surface area contributed by atoms with E-state index in [-0.39, 0.29) is 55.0 Å². The highest BCUT2D eigenvalue weighted by Gasteiger charge is 2.58. The molecule has 6 aliphatic rings. The molecule has 2 heterocycles. The van der Waals surface area contributed by atoms with E-state index in [0.717, 1.165) is 70.5 Å². The Balaban J connectivity index is 0.000000199. The summed E-state index contributed by atoms with van der Waals surface area (Å²) < 4.78 is 24.9. The van der Waals surface area contributed by atoms with Gasteiger partial charge in [0.05, 0.1) is 48.2 Å². The van der Waals surface area contributed by atoms with Gasteiger partial charge in [0.25, 0.3) is 0 Å². The molecule has 2 spiro atoms. The highest BCUT2D eigenvalue weighted by molar-refractivity contribution is 7.88. The third-order valence-electron chi connectivity index (χ3n) is 16.4. The molecule has 0 aromatic heterocycles. The summed E-state index contributed by atoms with van der Waals surface area (Å²) in [7, 11) is 5.06. The lowest BCUT2D eigenvalue weighted by molar-refractivity contribution is -0.137. The lowest BCUT2D eigenvalue weighted by atomic mass is 9.67. The van der Waals surface area contributed by atoms with Crippen molar-refractivity contribution < 1.29 is 42.9 Å². The molecular formula is C49H73N7O9S. The molecule has 6 fully saturated rings. The molecule has 4 N–H and O–H groups in total. The van der Waals surface area contributed by atoms with Crippen LogP contribution in [0.5, 0.6) is 0 Å². The Hall–Kier alpha value is -4.13. The van der Waals surface area contributed by atoms with E-state index in [9.17, 15) is 42.9 Å². The molecule has 2 aliphatic heterocycles. The minimum Gasteiger partial charge on any atom is -0.480 e. The zero-order valence-electron chi connectivity index (χ0n) is 39.7. The van der Waals surface area contributed by atoms with Crippen molar-refractivity contribution in [1.82, 2.24) is 34.1 Å². The molecule has 2 aromatic rings. The number of urea groups is 2. The molecule has 8 rings (SSSR count). The van der Waals surface area contributed by atoms with E-state index in [2.05, 4.69) is 91.2 Å². The standard InChI is InChI=1S/C26H40N4O5S.C23H33N3O4/c1-28(2)26(21-8-5-4-6-9-21)15-13-24(14-16-26)19-29(18-22(31)10-17-27-36(3,34)35)23(32)30(24)20-25(33)11-7-12-25;1-24(2)23(18-7-4-3-5-8-18)13-11-21(12-14-23)16-25(15-19(27)28)20(29)26(21)17-22(30)9-6-10-22/h4-6,8-9,27,33H,7,10-20H2,1-3H3;3-5,7-8,30H,6,9-17H2,1-2H3,(H,27,28). The van der Waals surface area contributed by atoms with Gasteiger partial charge < -0.3 is 34.9 Å². The number of β-amino-alcohol motifs (C(OH)–C–C–N with tert-alkyl or cyclic N) is 2. The lowest BCUT2D eigenvalue weighted by Gasteiger charge is -2.52. The summed E-state index contributed by atoms with van der Waals surface area (Å²) >= 11 is 0. The van der Waals surface area contributed by atoms with Gasteiger partial charge in [-0.2, -0.15) is 0 Å². The quantitative estimate of drug-likeness (QED) is 0.186. The van der Waals surface area contributed by atoms with Gasteiger partial charge in [0, 0.05) is 37.1 Å². The average molecular weight is 936 g/mol. The summed E-state index contributed by atoms with van der Waals surface area (Å²) in [5, 5.41) is 31.1. The number of sulfonamides is 1. The zero-order valence-corrected chi connectivity index (χ0v) is 40.5. The van der Waals surface area contributed by atoms with Crippen LogP contribution in [0.1, 0.15) is 107 Å². The van der Waals surface area contributed by atoms with Gasteiger partial charge >= 0.3 is 18.0 Å². The largest absolute Gasteiger partial charge is 0.480 e. The first-order valence-corrected chi connectivity index (χ1v) is 25.7. The number of aliphatic hydroxyl groups is 2. The number of nitrogens with one attached hydrogen (secondary N) is 1. The number of benzene rings is 2. The van der Waals surface area contributed by atoms with Crippen molar-refractivity contribution in [1.29, 1.82) is 0 Å². The predicted octanol–water partition coefficient (Wildman–Crippen LogP) is 4.41. The molecule has 364 valence electrons. The number of rotatable bonds is 16. The first-order chi connectivity index (χ1) is 31.1. The maximum Gasteiger partial charge on any atom is 0.323 e. The Labute approximate surface area is 391 Å². The van der Waals surface area contributed by atoms with Crippen LogP contribution in [0.4, 0.5) is 9.59 Å². The number of nitrogens with zero attached hydrogens (tertiary/aromatic N) is 6. The van der Waals surface area contributed by atoms with Crippen LogP contribution < -0.4 is 4.72 Å². The maximum absolute atomic E-state index is 13.6. The molecule has 16 nitrogen and oxygen atoms in total. The van der Waals surface area contributed by atoms with Crippen molar-refractivity contribution in [3.63, 3.8) is 0 Å². The fourth-order valence-corrected chi connectivity index (χ4v) is 12.5. The van der Waals surface area contributed by atoms with Gasteiger partial charge in [-0.25, -0.2) is 22.7 Å². The van der Waals surface area contributed by atoms with Crippen LogP contribution in [-0.4, -0.2) is 179 Å². The van der Waals surface area contributed by atoms with Crippen LogP contribution in [-0.2, 0) is 30.7 Å². The molecule has 17 heteroatoms. The van der Waals surface area contributed by atoms with Crippen molar-refractivity contribution in [2.45, 2.75) is 130 Å². The molecule has 4 aliphatic carbocycles. The highest BCUT2D eigenvalue weighted by Crippen LogP contribution is 2.52. The van der Waals surface area contributed by atoms with Gasteiger partial charge in [0.15, 0.2) is 5.78 Å². The van der Waals surface area contributed by atoms with E-state index in [1.165, 1.54) is 16.0 Å². The van der Waals surface area contributed by atoms with Gasteiger partial charge in [-0.3, -0.25) is 19.4 Å².